The number of aromatic nitrogens is 2. The highest BCUT2D eigenvalue weighted by Gasteiger charge is 2.27. The van der Waals surface area contributed by atoms with Gasteiger partial charge in [0.25, 0.3) is 0 Å². The first-order chi connectivity index (χ1) is 8.79. The van der Waals surface area contributed by atoms with Crippen LogP contribution in [0.15, 0.2) is 6.20 Å². The molecule has 0 bridgehead atoms. The van der Waals surface area contributed by atoms with Crippen LogP contribution in [0.2, 0.25) is 0 Å². The molecule has 2 atom stereocenters. The summed E-state index contributed by atoms with van der Waals surface area (Å²) in [5.74, 6) is -0.913. The summed E-state index contributed by atoms with van der Waals surface area (Å²) in [6.07, 6.45) is 4.22. The highest BCUT2D eigenvalue weighted by molar-refractivity contribution is 7.90. The van der Waals surface area contributed by atoms with Crippen molar-refractivity contribution in [3.8, 4) is 0 Å². The smallest absolute Gasteiger partial charge is 0.306 e. The molecule has 0 fully saturated rings. The van der Waals surface area contributed by atoms with Crippen molar-refractivity contribution < 1.29 is 18.3 Å². The Morgan fingerprint density at radius 2 is 2.21 bits per heavy atom. The number of carboxylic acid groups (broad SMARTS) is 1. The van der Waals surface area contributed by atoms with Gasteiger partial charge in [0.15, 0.2) is 9.84 Å². The number of carboxylic acids is 1. The highest BCUT2D eigenvalue weighted by Crippen LogP contribution is 2.26. The minimum absolute atomic E-state index is 0.287. The molecular formula is C12H16N2O4S. The van der Waals surface area contributed by atoms with E-state index < -0.39 is 27.0 Å². The number of hydrogen-bond donors (Lipinski definition) is 1. The first kappa shape index (κ1) is 13.9. The Morgan fingerprint density at radius 1 is 1.53 bits per heavy atom. The number of hydrogen-bond acceptors (Lipinski definition) is 5. The Balaban J connectivity index is 2.30. The minimum atomic E-state index is -3.23. The molecule has 104 valence electrons. The Morgan fingerprint density at radius 3 is 2.79 bits per heavy atom. The molecule has 6 nitrogen and oxygen atoms in total. The second-order valence-corrected chi connectivity index (χ2v) is 7.32. The van der Waals surface area contributed by atoms with Crippen molar-refractivity contribution in [1.82, 2.24) is 9.97 Å². The molecule has 0 amide bonds. The quantitative estimate of drug-likeness (QED) is 0.880. The third-order valence-electron chi connectivity index (χ3n) is 3.52. The number of fused-ring (bicyclic) bond motifs is 1. The van der Waals surface area contributed by atoms with E-state index in [1.807, 2.05) is 0 Å². The molecule has 2 rings (SSSR count). The molecular weight excluding hydrogens is 268 g/mol. The molecule has 0 aliphatic heterocycles. The van der Waals surface area contributed by atoms with E-state index in [2.05, 4.69) is 9.97 Å². The number of sulfone groups is 1. The molecule has 2 unspecified atom stereocenters. The van der Waals surface area contributed by atoms with Crippen LogP contribution in [-0.4, -0.2) is 35.7 Å². The Labute approximate surface area is 111 Å². The van der Waals surface area contributed by atoms with Gasteiger partial charge in [-0.3, -0.25) is 4.79 Å². The van der Waals surface area contributed by atoms with E-state index in [4.69, 9.17) is 5.11 Å². The maximum atomic E-state index is 11.5. The van der Waals surface area contributed by atoms with Gasteiger partial charge in [-0.25, -0.2) is 18.4 Å². The molecule has 0 spiro atoms. The van der Waals surface area contributed by atoms with E-state index >= 15 is 0 Å². The fourth-order valence-electron chi connectivity index (χ4n) is 2.12. The maximum Gasteiger partial charge on any atom is 0.306 e. The van der Waals surface area contributed by atoms with Crippen molar-refractivity contribution in [3.63, 3.8) is 0 Å². The van der Waals surface area contributed by atoms with Crippen LogP contribution in [0.5, 0.6) is 0 Å². The van der Waals surface area contributed by atoms with Crippen LogP contribution < -0.4 is 0 Å². The fourth-order valence-corrected chi connectivity index (χ4v) is 2.62. The predicted molar refractivity (Wildman–Crippen MR) is 68.4 cm³/mol. The normalized spacial score (nSPS) is 20.6. The monoisotopic (exact) mass is 284 g/mol. The van der Waals surface area contributed by atoms with E-state index in [1.54, 1.807) is 13.1 Å². The first-order valence-corrected chi connectivity index (χ1v) is 8.01. The van der Waals surface area contributed by atoms with Crippen LogP contribution >= 0.6 is 0 Å². The van der Waals surface area contributed by atoms with Gasteiger partial charge in [-0.15, -0.1) is 0 Å². The zero-order chi connectivity index (χ0) is 14.2. The molecule has 1 aromatic heterocycles. The van der Waals surface area contributed by atoms with Gasteiger partial charge in [-0.05, 0) is 31.7 Å². The van der Waals surface area contributed by atoms with E-state index in [0.29, 0.717) is 19.3 Å². The second-order valence-electron chi connectivity index (χ2n) is 4.95. The molecule has 0 saturated carbocycles. The highest BCUT2D eigenvalue weighted by atomic mass is 32.2. The number of nitrogens with zero attached hydrogens (tertiary/aromatic N) is 2. The molecule has 1 aromatic rings. The summed E-state index contributed by atoms with van der Waals surface area (Å²) >= 11 is 0. The van der Waals surface area contributed by atoms with Crippen LogP contribution in [0.1, 0.15) is 35.7 Å². The summed E-state index contributed by atoms with van der Waals surface area (Å²) in [4.78, 5) is 19.3. The van der Waals surface area contributed by atoms with Crippen molar-refractivity contribution in [3.05, 3.63) is 23.3 Å². The van der Waals surface area contributed by atoms with Crippen LogP contribution in [0, 0.1) is 5.92 Å². The van der Waals surface area contributed by atoms with Crippen LogP contribution in [0.4, 0.5) is 0 Å². The number of aryl methyl sites for hydroxylation is 1. The Bertz CT molecular complexity index is 612. The van der Waals surface area contributed by atoms with Gasteiger partial charge in [0.1, 0.15) is 11.1 Å². The van der Waals surface area contributed by atoms with Gasteiger partial charge in [0.2, 0.25) is 0 Å². The summed E-state index contributed by atoms with van der Waals surface area (Å²) in [6, 6.07) is 0. The lowest BCUT2D eigenvalue weighted by molar-refractivity contribution is -0.142. The minimum Gasteiger partial charge on any atom is -0.481 e. The third kappa shape index (κ3) is 2.91. The summed E-state index contributed by atoms with van der Waals surface area (Å²) in [7, 11) is -3.23. The number of carbonyl (C=O) groups is 1. The Hall–Kier alpha value is -1.50. The number of rotatable bonds is 3. The zero-order valence-corrected chi connectivity index (χ0v) is 11.6. The van der Waals surface area contributed by atoms with E-state index in [1.165, 1.54) is 0 Å². The molecule has 1 aliphatic carbocycles. The molecule has 7 heteroatoms. The van der Waals surface area contributed by atoms with Crippen LogP contribution in [0.3, 0.4) is 0 Å². The van der Waals surface area contributed by atoms with Gasteiger partial charge in [-0.1, -0.05) is 0 Å². The zero-order valence-electron chi connectivity index (χ0n) is 10.8. The average Bonchev–Trinajstić information content (AvgIpc) is 2.35. The van der Waals surface area contributed by atoms with Crippen molar-refractivity contribution in [2.24, 2.45) is 5.92 Å². The van der Waals surface area contributed by atoms with Gasteiger partial charge in [-0.2, -0.15) is 0 Å². The van der Waals surface area contributed by atoms with Gasteiger partial charge < -0.3 is 5.11 Å². The van der Waals surface area contributed by atoms with E-state index in [9.17, 15) is 13.2 Å². The van der Waals surface area contributed by atoms with Crippen molar-refractivity contribution in [2.75, 3.05) is 6.26 Å². The van der Waals surface area contributed by atoms with Crippen LogP contribution in [-0.2, 0) is 27.5 Å². The van der Waals surface area contributed by atoms with Gasteiger partial charge >= 0.3 is 5.97 Å². The molecule has 0 aromatic carbocycles. The lowest BCUT2D eigenvalue weighted by Crippen LogP contribution is -2.24. The average molecular weight is 284 g/mol. The van der Waals surface area contributed by atoms with Crippen LogP contribution in [0.25, 0.3) is 0 Å². The van der Waals surface area contributed by atoms with Crippen molar-refractivity contribution in [1.29, 1.82) is 0 Å². The summed E-state index contributed by atoms with van der Waals surface area (Å²) < 4.78 is 23.0. The topological polar surface area (TPSA) is 97.2 Å². The molecule has 0 radical (unpaired) electrons. The maximum absolute atomic E-state index is 11.5. The lowest BCUT2D eigenvalue weighted by Gasteiger charge is -2.21. The van der Waals surface area contributed by atoms with Gasteiger partial charge in [0.05, 0.1) is 5.92 Å². The lowest BCUT2D eigenvalue weighted by atomic mass is 9.87. The van der Waals surface area contributed by atoms with Crippen molar-refractivity contribution in [2.45, 2.75) is 31.4 Å². The van der Waals surface area contributed by atoms with Crippen molar-refractivity contribution >= 4 is 15.8 Å². The summed E-state index contributed by atoms with van der Waals surface area (Å²) in [6.45, 7) is 1.56. The molecule has 19 heavy (non-hydrogen) atoms. The summed E-state index contributed by atoms with van der Waals surface area (Å²) in [5, 5.41) is 8.25. The van der Waals surface area contributed by atoms with E-state index in [-0.39, 0.29) is 5.82 Å². The Kier molecular flexibility index (Phi) is 3.58. The fraction of sp³-hybridized carbons (Fsp3) is 0.583. The third-order valence-corrected chi connectivity index (χ3v) is 5.02. The molecule has 1 heterocycles. The predicted octanol–water partition coefficient (Wildman–Crippen LogP) is 0.772. The standard InChI is InChI=1S/C12H16N2O4S/c1-7(19(2,17)18)11-13-6-9-5-8(12(15)16)3-4-10(9)14-11/h6-8H,3-5H2,1-2H3,(H,15,16). The molecule has 1 N–H and O–H groups in total. The largest absolute Gasteiger partial charge is 0.481 e. The van der Waals surface area contributed by atoms with E-state index in [0.717, 1.165) is 17.5 Å². The second kappa shape index (κ2) is 4.88. The number of aliphatic carboxylic acids is 1. The summed E-state index contributed by atoms with van der Waals surface area (Å²) in [5.41, 5.74) is 1.58. The SMILES string of the molecule is CC(c1ncc2c(n1)CCC(C(=O)O)C2)S(C)(=O)=O. The first-order valence-electron chi connectivity index (χ1n) is 6.05. The van der Waals surface area contributed by atoms with Gasteiger partial charge in [0, 0.05) is 18.1 Å². The molecule has 1 aliphatic rings. The molecule has 0 saturated heterocycles.